The van der Waals surface area contributed by atoms with Gasteiger partial charge in [0.05, 0.1) is 25.2 Å². The lowest BCUT2D eigenvalue weighted by Crippen LogP contribution is -2.73. The molecule has 2 heterocycles. The Morgan fingerprint density at radius 1 is 1.03 bits per heavy atom. The lowest BCUT2D eigenvalue weighted by Gasteiger charge is -2.59. The minimum absolute atomic E-state index is 0.0306. The summed E-state index contributed by atoms with van der Waals surface area (Å²) in [6.45, 7) is 0.683. The van der Waals surface area contributed by atoms with Crippen molar-refractivity contribution in [2.24, 2.45) is 11.8 Å². The molecule has 0 spiro atoms. The number of nitrogens with zero attached hydrogens (tertiary/aromatic N) is 2. The lowest BCUT2D eigenvalue weighted by molar-refractivity contribution is -0.168. The van der Waals surface area contributed by atoms with E-state index in [-0.39, 0.29) is 48.9 Å². The van der Waals surface area contributed by atoms with Gasteiger partial charge in [-0.15, -0.1) is 0 Å². The zero-order valence-corrected chi connectivity index (χ0v) is 18.1. The molecule has 0 bridgehead atoms. The SMILES string of the molecule is O=C(C1CCCC1)N1CC(=O)N2[C@@H](CO)[C@H](c3ccc(C#CC4CCCC4)cc3)[C@@H]2C1. The summed E-state index contributed by atoms with van der Waals surface area (Å²) in [5.41, 5.74) is 2.14. The molecular weight excluding hydrogens is 388 g/mol. The van der Waals surface area contributed by atoms with Gasteiger partial charge in [-0.2, -0.15) is 0 Å². The Bertz CT molecular complexity index is 887. The van der Waals surface area contributed by atoms with Crippen LogP contribution in [-0.2, 0) is 9.59 Å². The number of benzene rings is 1. The Morgan fingerprint density at radius 3 is 2.39 bits per heavy atom. The average Bonchev–Trinajstić information content (AvgIpc) is 3.48. The maximum Gasteiger partial charge on any atom is 0.242 e. The summed E-state index contributed by atoms with van der Waals surface area (Å²) in [4.78, 5) is 29.3. The van der Waals surface area contributed by atoms with Gasteiger partial charge in [0.1, 0.15) is 0 Å². The largest absolute Gasteiger partial charge is 0.394 e. The Kier molecular flexibility index (Phi) is 5.75. The predicted octanol–water partition coefficient (Wildman–Crippen LogP) is 2.92. The number of hydrogen-bond donors (Lipinski definition) is 1. The van der Waals surface area contributed by atoms with Crippen molar-refractivity contribution < 1.29 is 14.7 Å². The predicted molar refractivity (Wildman–Crippen MR) is 118 cm³/mol. The van der Waals surface area contributed by atoms with E-state index in [1.807, 2.05) is 4.90 Å². The molecule has 5 nitrogen and oxygen atoms in total. The highest BCUT2D eigenvalue weighted by Crippen LogP contribution is 2.43. The quantitative estimate of drug-likeness (QED) is 0.765. The van der Waals surface area contributed by atoms with Crippen LogP contribution in [-0.4, -0.2) is 58.5 Å². The number of amides is 2. The minimum atomic E-state index is -0.198. The molecule has 4 fully saturated rings. The lowest BCUT2D eigenvalue weighted by atomic mass is 9.73. The summed E-state index contributed by atoms with van der Waals surface area (Å²) in [5.74, 6) is 7.52. The van der Waals surface area contributed by atoms with E-state index in [1.165, 1.54) is 25.7 Å². The van der Waals surface area contributed by atoms with E-state index < -0.39 is 0 Å². The average molecular weight is 421 g/mol. The molecule has 0 aromatic heterocycles. The Morgan fingerprint density at radius 2 is 1.71 bits per heavy atom. The molecule has 3 atom stereocenters. The van der Waals surface area contributed by atoms with E-state index in [0.717, 1.165) is 36.8 Å². The van der Waals surface area contributed by atoms with Gasteiger partial charge in [-0.1, -0.05) is 49.7 Å². The third-order valence-corrected chi connectivity index (χ3v) is 7.84. The second-order valence-corrected chi connectivity index (χ2v) is 9.72. The second kappa shape index (κ2) is 8.67. The summed E-state index contributed by atoms with van der Waals surface area (Å²) >= 11 is 0. The summed E-state index contributed by atoms with van der Waals surface area (Å²) in [6, 6.07) is 8.05. The summed E-state index contributed by atoms with van der Waals surface area (Å²) in [5, 5.41) is 9.99. The summed E-state index contributed by atoms with van der Waals surface area (Å²) < 4.78 is 0. The molecule has 31 heavy (non-hydrogen) atoms. The van der Waals surface area contributed by atoms with E-state index >= 15 is 0 Å². The number of rotatable bonds is 3. The molecule has 4 aliphatic rings. The smallest absolute Gasteiger partial charge is 0.242 e. The Balaban J connectivity index is 1.31. The zero-order chi connectivity index (χ0) is 21.4. The molecule has 2 aliphatic carbocycles. The normalized spacial score (nSPS) is 28.8. The summed E-state index contributed by atoms with van der Waals surface area (Å²) in [7, 11) is 0. The highest BCUT2D eigenvalue weighted by Gasteiger charge is 2.54. The fourth-order valence-corrected chi connectivity index (χ4v) is 6.14. The van der Waals surface area contributed by atoms with Crippen LogP contribution in [0.3, 0.4) is 0 Å². The maximum absolute atomic E-state index is 12.9. The van der Waals surface area contributed by atoms with Crippen molar-refractivity contribution in [2.45, 2.75) is 69.4 Å². The van der Waals surface area contributed by atoms with Crippen molar-refractivity contribution in [1.29, 1.82) is 0 Å². The van der Waals surface area contributed by atoms with Crippen LogP contribution < -0.4 is 0 Å². The molecule has 1 aromatic carbocycles. The van der Waals surface area contributed by atoms with E-state index in [4.69, 9.17) is 0 Å². The van der Waals surface area contributed by atoms with Crippen molar-refractivity contribution in [2.75, 3.05) is 19.7 Å². The maximum atomic E-state index is 12.9. The standard InChI is InChI=1S/C26H32N2O3/c29-17-23-25(20-13-11-19(12-14-20)10-9-18-5-1-2-6-18)22-15-27(16-24(30)28(22)23)26(31)21-7-3-4-8-21/h11-14,18,21-23,25,29H,1-8,15-17H2/t22-,23-,25+/m0/s1. The number of piperazine rings is 1. The summed E-state index contributed by atoms with van der Waals surface area (Å²) in [6.07, 6.45) is 9.13. The van der Waals surface area contributed by atoms with E-state index in [0.29, 0.717) is 12.5 Å². The van der Waals surface area contributed by atoms with Gasteiger partial charge in [-0.25, -0.2) is 0 Å². The zero-order valence-electron chi connectivity index (χ0n) is 18.1. The first-order valence-corrected chi connectivity index (χ1v) is 12.0. The molecule has 2 aliphatic heterocycles. The van der Waals surface area contributed by atoms with Crippen LogP contribution in [0.5, 0.6) is 0 Å². The van der Waals surface area contributed by atoms with Crippen LogP contribution in [0.15, 0.2) is 24.3 Å². The molecule has 1 aromatic rings. The molecule has 5 heteroatoms. The van der Waals surface area contributed by atoms with Crippen molar-refractivity contribution in [3.8, 4) is 11.8 Å². The first-order valence-electron chi connectivity index (χ1n) is 12.0. The molecule has 2 saturated carbocycles. The molecule has 0 radical (unpaired) electrons. The molecular formula is C26H32N2O3. The topological polar surface area (TPSA) is 60.9 Å². The van der Waals surface area contributed by atoms with Gasteiger partial charge < -0.3 is 14.9 Å². The van der Waals surface area contributed by atoms with Crippen LogP contribution in [0.2, 0.25) is 0 Å². The van der Waals surface area contributed by atoms with Crippen LogP contribution in [0.1, 0.15) is 68.4 Å². The van der Waals surface area contributed by atoms with Gasteiger partial charge in [0.25, 0.3) is 0 Å². The Labute approximate surface area is 184 Å². The first kappa shape index (κ1) is 20.6. The number of hydrogen-bond acceptors (Lipinski definition) is 3. The van der Waals surface area contributed by atoms with Crippen LogP contribution >= 0.6 is 0 Å². The van der Waals surface area contributed by atoms with Crippen molar-refractivity contribution in [3.63, 3.8) is 0 Å². The number of aliphatic hydroxyl groups is 1. The fraction of sp³-hybridized carbons (Fsp3) is 0.615. The van der Waals surface area contributed by atoms with Gasteiger partial charge in [0.2, 0.25) is 11.8 Å². The van der Waals surface area contributed by atoms with Crippen LogP contribution in [0, 0.1) is 23.7 Å². The highest BCUT2D eigenvalue weighted by molar-refractivity contribution is 5.88. The molecule has 0 unspecified atom stereocenters. The molecule has 164 valence electrons. The van der Waals surface area contributed by atoms with Gasteiger partial charge in [-0.05, 0) is 43.4 Å². The number of aliphatic hydroxyl groups excluding tert-OH is 1. The van der Waals surface area contributed by atoms with Crippen molar-refractivity contribution in [1.82, 2.24) is 9.80 Å². The third-order valence-electron chi connectivity index (χ3n) is 7.84. The van der Waals surface area contributed by atoms with Crippen LogP contribution in [0.25, 0.3) is 0 Å². The van der Waals surface area contributed by atoms with E-state index in [1.54, 1.807) is 4.90 Å². The van der Waals surface area contributed by atoms with E-state index in [9.17, 15) is 14.7 Å². The number of carbonyl (C=O) groups is 2. The van der Waals surface area contributed by atoms with Crippen LogP contribution in [0.4, 0.5) is 0 Å². The molecule has 1 N–H and O–H groups in total. The van der Waals surface area contributed by atoms with Gasteiger partial charge in [-0.3, -0.25) is 9.59 Å². The van der Waals surface area contributed by atoms with Gasteiger partial charge in [0, 0.05) is 29.9 Å². The minimum Gasteiger partial charge on any atom is -0.394 e. The number of fused-ring (bicyclic) bond motifs is 1. The Hall–Kier alpha value is -2.32. The van der Waals surface area contributed by atoms with Crippen molar-refractivity contribution >= 4 is 11.8 Å². The highest BCUT2D eigenvalue weighted by atomic mass is 16.3. The number of carbonyl (C=O) groups excluding carboxylic acids is 2. The monoisotopic (exact) mass is 420 g/mol. The first-order chi connectivity index (χ1) is 15.2. The van der Waals surface area contributed by atoms with E-state index in [2.05, 4.69) is 36.1 Å². The van der Waals surface area contributed by atoms with Gasteiger partial charge >= 0.3 is 0 Å². The molecule has 5 rings (SSSR count). The van der Waals surface area contributed by atoms with Crippen molar-refractivity contribution in [3.05, 3.63) is 35.4 Å². The fourth-order valence-electron chi connectivity index (χ4n) is 6.14. The second-order valence-electron chi connectivity index (χ2n) is 9.72. The van der Waals surface area contributed by atoms with Gasteiger partial charge in [0.15, 0.2) is 0 Å². The third kappa shape index (κ3) is 3.87. The molecule has 2 amide bonds. The molecule has 2 saturated heterocycles.